The van der Waals surface area contributed by atoms with Gasteiger partial charge in [0.1, 0.15) is 0 Å². The zero-order valence-electron chi connectivity index (χ0n) is 4.23. The number of halogens is 1. The highest BCUT2D eigenvalue weighted by molar-refractivity contribution is 14.1. The van der Waals surface area contributed by atoms with Gasteiger partial charge in [-0.05, 0) is 12.8 Å². The van der Waals surface area contributed by atoms with Crippen molar-refractivity contribution >= 4 is 22.6 Å². The van der Waals surface area contributed by atoms with E-state index in [0.717, 1.165) is 3.92 Å². The van der Waals surface area contributed by atoms with Crippen LogP contribution in [0.4, 0.5) is 0 Å². The van der Waals surface area contributed by atoms with Crippen molar-refractivity contribution in [3.63, 3.8) is 0 Å². The fraction of sp³-hybridized carbons (Fsp3) is 1.00. The molecule has 2 unspecified atom stereocenters. The Hall–Kier alpha value is 0.690. The summed E-state index contributed by atoms with van der Waals surface area (Å²) in [5.74, 6) is 0. The normalized spacial score (nSPS) is 42.0. The van der Waals surface area contributed by atoms with Gasteiger partial charge in [-0.15, -0.1) is 0 Å². The largest absolute Gasteiger partial charge is 0.327 e. The van der Waals surface area contributed by atoms with Crippen LogP contribution < -0.4 is 5.73 Å². The van der Waals surface area contributed by atoms with E-state index >= 15 is 0 Å². The summed E-state index contributed by atoms with van der Waals surface area (Å²) in [6, 6.07) is 0.501. The molecule has 0 saturated heterocycles. The summed E-state index contributed by atoms with van der Waals surface area (Å²) in [5.41, 5.74) is 5.67. The first-order chi connectivity index (χ1) is 3.30. The summed E-state index contributed by atoms with van der Waals surface area (Å²) in [7, 11) is 0. The van der Waals surface area contributed by atoms with Crippen LogP contribution in [-0.4, -0.2) is 9.97 Å². The van der Waals surface area contributed by atoms with E-state index in [4.69, 9.17) is 5.73 Å². The molecule has 1 aliphatic carbocycles. The molecule has 1 fully saturated rings. The smallest absolute Gasteiger partial charge is 0.0261 e. The molecule has 0 amide bonds. The van der Waals surface area contributed by atoms with Crippen LogP contribution in [0.2, 0.25) is 0 Å². The molecule has 2 heteroatoms. The zero-order chi connectivity index (χ0) is 5.28. The summed E-state index contributed by atoms with van der Waals surface area (Å²) in [4.78, 5) is 0. The fourth-order valence-electron chi connectivity index (χ4n) is 0.943. The summed E-state index contributed by atoms with van der Waals surface area (Å²) in [6.07, 6.45) is 3.92. The zero-order valence-corrected chi connectivity index (χ0v) is 6.39. The first kappa shape index (κ1) is 5.82. The van der Waals surface area contributed by atoms with E-state index in [9.17, 15) is 0 Å². The Bertz CT molecular complexity index is 57.1. The van der Waals surface area contributed by atoms with Gasteiger partial charge in [-0.2, -0.15) is 0 Å². The van der Waals surface area contributed by atoms with E-state index in [1.807, 2.05) is 0 Å². The number of hydrogen-bond donors (Lipinski definition) is 1. The first-order valence-electron chi connectivity index (χ1n) is 2.70. The third-order valence-electron chi connectivity index (χ3n) is 1.48. The van der Waals surface area contributed by atoms with Crippen molar-refractivity contribution in [2.24, 2.45) is 5.73 Å². The Kier molecular flexibility index (Phi) is 1.92. The van der Waals surface area contributed by atoms with Crippen LogP contribution in [0.15, 0.2) is 0 Å². The van der Waals surface area contributed by atoms with E-state index in [-0.39, 0.29) is 0 Å². The lowest BCUT2D eigenvalue weighted by molar-refractivity contribution is 0.729. The molecule has 0 spiro atoms. The lowest BCUT2D eigenvalue weighted by Crippen LogP contribution is -2.23. The Morgan fingerprint density at radius 3 is 2.29 bits per heavy atom. The number of hydrogen-bond acceptors (Lipinski definition) is 1. The lowest BCUT2D eigenvalue weighted by Gasteiger charge is -2.03. The number of alkyl halides is 1. The van der Waals surface area contributed by atoms with Gasteiger partial charge in [0.2, 0.25) is 0 Å². The van der Waals surface area contributed by atoms with Gasteiger partial charge < -0.3 is 5.73 Å². The van der Waals surface area contributed by atoms with Crippen LogP contribution >= 0.6 is 22.6 Å². The van der Waals surface area contributed by atoms with E-state index in [2.05, 4.69) is 22.6 Å². The molecular weight excluding hydrogens is 201 g/mol. The van der Waals surface area contributed by atoms with Crippen molar-refractivity contribution in [2.75, 3.05) is 0 Å². The second-order valence-electron chi connectivity index (χ2n) is 2.11. The van der Waals surface area contributed by atoms with Gasteiger partial charge in [0.05, 0.1) is 0 Å². The molecule has 0 radical (unpaired) electrons. The molecule has 7 heavy (non-hydrogen) atoms. The van der Waals surface area contributed by atoms with Crippen LogP contribution in [0.25, 0.3) is 0 Å². The molecule has 2 N–H and O–H groups in total. The summed E-state index contributed by atoms with van der Waals surface area (Å²) >= 11 is 2.43. The monoisotopic (exact) mass is 211 g/mol. The molecule has 0 aromatic carbocycles. The molecule has 42 valence electrons. The quantitative estimate of drug-likeness (QED) is 0.474. The molecule has 2 atom stereocenters. The molecule has 0 heterocycles. The number of rotatable bonds is 0. The Labute approximate surface area is 57.8 Å². The standard InChI is InChI=1S/C5H10IN/c6-4-2-1-3-5(4)7/h4-5H,1-3,7H2. The molecule has 0 bridgehead atoms. The summed E-state index contributed by atoms with van der Waals surface area (Å²) < 4.78 is 0.762. The van der Waals surface area contributed by atoms with Crippen molar-refractivity contribution < 1.29 is 0 Å². The predicted octanol–water partition coefficient (Wildman–Crippen LogP) is 1.30. The second-order valence-corrected chi connectivity index (χ2v) is 3.71. The maximum Gasteiger partial charge on any atom is 0.0261 e. The summed E-state index contributed by atoms with van der Waals surface area (Å²) in [5, 5.41) is 0. The molecule has 1 saturated carbocycles. The van der Waals surface area contributed by atoms with Gasteiger partial charge in [-0.1, -0.05) is 29.0 Å². The molecule has 1 nitrogen and oxygen atoms in total. The molecule has 0 aliphatic heterocycles. The van der Waals surface area contributed by atoms with Crippen LogP contribution in [0.1, 0.15) is 19.3 Å². The van der Waals surface area contributed by atoms with Crippen LogP contribution in [-0.2, 0) is 0 Å². The van der Waals surface area contributed by atoms with Gasteiger partial charge in [0.25, 0.3) is 0 Å². The lowest BCUT2D eigenvalue weighted by atomic mass is 10.3. The summed E-state index contributed by atoms with van der Waals surface area (Å²) in [6.45, 7) is 0. The minimum Gasteiger partial charge on any atom is -0.327 e. The SMILES string of the molecule is NC1CCCC1I. The third-order valence-corrected chi connectivity index (χ3v) is 3.03. The minimum absolute atomic E-state index is 0.501. The first-order valence-corrected chi connectivity index (χ1v) is 3.95. The number of nitrogens with two attached hydrogens (primary N) is 1. The molecule has 0 aromatic heterocycles. The van der Waals surface area contributed by atoms with Gasteiger partial charge in [-0.3, -0.25) is 0 Å². The highest BCUT2D eigenvalue weighted by Gasteiger charge is 2.19. The van der Waals surface area contributed by atoms with Gasteiger partial charge >= 0.3 is 0 Å². The van der Waals surface area contributed by atoms with E-state index in [1.165, 1.54) is 19.3 Å². The van der Waals surface area contributed by atoms with Crippen LogP contribution in [0, 0.1) is 0 Å². The Balaban J connectivity index is 2.33. The van der Waals surface area contributed by atoms with Gasteiger partial charge in [0, 0.05) is 9.97 Å². The highest BCUT2D eigenvalue weighted by Crippen LogP contribution is 2.23. The van der Waals surface area contributed by atoms with Crippen molar-refractivity contribution in [2.45, 2.75) is 29.2 Å². The van der Waals surface area contributed by atoms with Crippen LogP contribution in [0.5, 0.6) is 0 Å². The van der Waals surface area contributed by atoms with Crippen LogP contribution in [0.3, 0.4) is 0 Å². The van der Waals surface area contributed by atoms with Crippen molar-refractivity contribution in [3.05, 3.63) is 0 Å². The molecule has 0 aromatic rings. The van der Waals surface area contributed by atoms with Crippen molar-refractivity contribution in [1.29, 1.82) is 0 Å². The fourth-order valence-corrected chi connectivity index (χ4v) is 1.74. The third kappa shape index (κ3) is 1.29. The van der Waals surface area contributed by atoms with E-state index < -0.39 is 0 Å². The predicted molar refractivity (Wildman–Crippen MR) is 39.6 cm³/mol. The molecule has 1 aliphatic rings. The maximum absolute atomic E-state index is 5.67. The Morgan fingerprint density at radius 2 is 2.14 bits per heavy atom. The topological polar surface area (TPSA) is 26.0 Å². The maximum atomic E-state index is 5.67. The van der Waals surface area contributed by atoms with Gasteiger partial charge in [-0.25, -0.2) is 0 Å². The molecule has 1 rings (SSSR count). The second kappa shape index (κ2) is 2.31. The molecular formula is C5H10IN. The van der Waals surface area contributed by atoms with E-state index in [0.29, 0.717) is 6.04 Å². The van der Waals surface area contributed by atoms with Crippen molar-refractivity contribution in [1.82, 2.24) is 0 Å². The minimum atomic E-state index is 0.501. The van der Waals surface area contributed by atoms with Gasteiger partial charge in [0.15, 0.2) is 0 Å². The van der Waals surface area contributed by atoms with Crippen molar-refractivity contribution in [3.8, 4) is 0 Å². The Morgan fingerprint density at radius 1 is 1.43 bits per heavy atom. The average molecular weight is 211 g/mol. The highest BCUT2D eigenvalue weighted by atomic mass is 127. The average Bonchev–Trinajstić information content (AvgIpc) is 1.91. The van der Waals surface area contributed by atoms with E-state index in [1.54, 1.807) is 0 Å².